The molecule has 0 aromatic carbocycles. The Bertz CT molecular complexity index is 650. The van der Waals surface area contributed by atoms with Crippen molar-refractivity contribution in [2.75, 3.05) is 20.2 Å². The molecule has 1 fully saturated rings. The van der Waals surface area contributed by atoms with E-state index in [0.29, 0.717) is 11.6 Å². The van der Waals surface area contributed by atoms with E-state index in [-0.39, 0.29) is 6.04 Å². The highest BCUT2D eigenvalue weighted by Gasteiger charge is 2.29. The Balaban J connectivity index is 1.56. The average molecular weight is 288 g/mol. The predicted molar refractivity (Wildman–Crippen MR) is 73.6 cm³/mol. The van der Waals surface area contributed by atoms with E-state index in [2.05, 4.69) is 20.0 Å². The van der Waals surface area contributed by atoms with E-state index in [1.54, 1.807) is 24.2 Å². The molecule has 0 atom stereocenters. The quantitative estimate of drug-likeness (QED) is 0.820. The summed E-state index contributed by atoms with van der Waals surface area (Å²) in [7, 11) is 1.55. The minimum atomic E-state index is -0.453. The fourth-order valence-electron chi connectivity index (χ4n) is 2.30. The summed E-state index contributed by atoms with van der Waals surface area (Å²) in [6, 6.07) is 2.51. The lowest BCUT2D eigenvalue weighted by Crippen LogP contribution is -2.47. The summed E-state index contributed by atoms with van der Waals surface area (Å²) in [6.45, 7) is 2.44. The van der Waals surface area contributed by atoms with Crippen LogP contribution in [0.5, 0.6) is 6.01 Å². The molecule has 3 heterocycles. The van der Waals surface area contributed by atoms with Crippen molar-refractivity contribution in [3.8, 4) is 6.01 Å². The topological polar surface area (TPSA) is 99.2 Å². The molecular weight excluding hydrogens is 272 g/mol. The molecule has 0 radical (unpaired) electrons. The Labute approximate surface area is 121 Å². The summed E-state index contributed by atoms with van der Waals surface area (Å²) in [4.78, 5) is 21.5. The third-order valence-corrected chi connectivity index (χ3v) is 3.46. The predicted octanol–water partition coefficient (Wildman–Crippen LogP) is -0.162. The lowest BCUT2D eigenvalue weighted by atomic mass is 10.1. The molecule has 1 aliphatic rings. The van der Waals surface area contributed by atoms with Gasteiger partial charge in [-0.25, -0.2) is 4.98 Å². The van der Waals surface area contributed by atoms with Crippen LogP contribution < -0.4 is 10.5 Å². The first-order valence-electron chi connectivity index (χ1n) is 6.58. The van der Waals surface area contributed by atoms with Crippen molar-refractivity contribution in [2.45, 2.75) is 12.6 Å². The second-order valence-electron chi connectivity index (χ2n) is 4.96. The number of methoxy groups -OCH3 is 1. The fourth-order valence-corrected chi connectivity index (χ4v) is 2.30. The van der Waals surface area contributed by atoms with Gasteiger partial charge in [0.25, 0.3) is 5.91 Å². The van der Waals surface area contributed by atoms with Gasteiger partial charge < -0.3 is 10.5 Å². The highest BCUT2D eigenvalue weighted by atomic mass is 16.5. The van der Waals surface area contributed by atoms with Crippen LogP contribution in [0.2, 0.25) is 0 Å². The van der Waals surface area contributed by atoms with E-state index in [9.17, 15) is 4.79 Å². The minimum absolute atomic E-state index is 0.266. The summed E-state index contributed by atoms with van der Waals surface area (Å²) in [5.41, 5.74) is 6.57. The van der Waals surface area contributed by atoms with Crippen molar-refractivity contribution in [2.24, 2.45) is 5.73 Å². The van der Waals surface area contributed by atoms with Gasteiger partial charge in [-0.3, -0.25) is 14.4 Å². The molecule has 0 bridgehead atoms. The Morgan fingerprint density at radius 1 is 1.52 bits per heavy atom. The number of aromatic nitrogens is 4. The van der Waals surface area contributed by atoms with Crippen LogP contribution in [0, 0.1) is 0 Å². The lowest BCUT2D eigenvalue weighted by Gasteiger charge is -2.38. The van der Waals surface area contributed by atoms with Crippen LogP contribution in [0.4, 0.5) is 0 Å². The van der Waals surface area contributed by atoms with Crippen molar-refractivity contribution >= 4 is 5.91 Å². The number of nitrogens with zero attached hydrogens (tertiary/aromatic N) is 5. The van der Waals surface area contributed by atoms with Crippen LogP contribution in [0.1, 0.15) is 22.1 Å². The maximum absolute atomic E-state index is 11.0. The molecule has 0 aliphatic carbocycles. The Morgan fingerprint density at radius 3 is 3.00 bits per heavy atom. The van der Waals surface area contributed by atoms with Crippen molar-refractivity contribution < 1.29 is 9.53 Å². The number of amides is 1. The molecule has 3 rings (SSSR count). The largest absolute Gasteiger partial charge is 0.467 e. The van der Waals surface area contributed by atoms with Crippen LogP contribution >= 0.6 is 0 Å². The second-order valence-corrected chi connectivity index (χ2v) is 4.96. The number of carbonyl (C=O) groups is 1. The second kappa shape index (κ2) is 5.49. The van der Waals surface area contributed by atoms with E-state index < -0.39 is 5.91 Å². The van der Waals surface area contributed by atoms with Crippen molar-refractivity contribution in [3.63, 3.8) is 0 Å². The normalized spacial score (nSPS) is 15.7. The fraction of sp³-hybridized carbons (Fsp3) is 0.385. The number of primary amides is 1. The molecule has 1 saturated heterocycles. The van der Waals surface area contributed by atoms with Crippen molar-refractivity contribution in [1.29, 1.82) is 0 Å². The first-order valence-corrected chi connectivity index (χ1v) is 6.58. The SMILES string of the molecule is COc1nccc(CN2CC(n3cc(C(N)=O)cn3)C2)n1. The summed E-state index contributed by atoms with van der Waals surface area (Å²) in [5, 5.41) is 4.17. The number of carbonyl (C=O) groups excluding carboxylic acids is 1. The molecule has 110 valence electrons. The van der Waals surface area contributed by atoms with Crippen LogP contribution in [-0.4, -0.2) is 50.8 Å². The first kappa shape index (κ1) is 13.5. The Hall–Kier alpha value is -2.48. The summed E-state index contributed by atoms with van der Waals surface area (Å²) >= 11 is 0. The zero-order chi connectivity index (χ0) is 14.8. The van der Waals surface area contributed by atoms with Gasteiger partial charge >= 0.3 is 6.01 Å². The van der Waals surface area contributed by atoms with Crippen LogP contribution in [0.25, 0.3) is 0 Å². The van der Waals surface area contributed by atoms with Gasteiger partial charge in [0.05, 0.1) is 30.6 Å². The van der Waals surface area contributed by atoms with E-state index in [1.165, 1.54) is 6.20 Å². The Morgan fingerprint density at radius 2 is 2.33 bits per heavy atom. The highest BCUT2D eigenvalue weighted by Crippen LogP contribution is 2.22. The van der Waals surface area contributed by atoms with Gasteiger partial charge in [0.2, 0.25) is 0 Å². The van der Waals surface area contributed by atoms with Gasteiger partial charge in [0.1, 0.15) is 0 Å². The number of hydrogen-bond acceptors (Lipinski definition) is 6. The zero-order valence-electron chi connectivity index (χ0n) is 11.6. The number of likely N-dealkylation sites (tertiary alicyclic amines) is 1. The molecule has 8 heteroatoms. The monoisotopic (exact) mass is 288 g/mol. The zero-order valence-corrected chi connectivity index (χ0v) is 11.6. The maximum atomic E-state index is 11.0. The molecule has 0 spiro atoms. The number of hydrogen-bond donors (Lipinski definition) is 1. The smallest absolute Gasteiger partial charge is 0.316 e. The summed E-state index contributed by atoms with van der Waals surface area (Å²) in [6.07, 6.45) is 4.88. The van der Waals surface area contributed by atoms with E-state index in [0.717, 1.165) is 25.3 Å². The molecule has 2 aromatic rings. The molecule has 1 amide bonds. The third-order valence-electron chi connectivity index (χ3n) is 3.46. The molecular formula is C13H16N6O2. The summed E-state index contributed by atoms with van der Waals surface area (Å²) in [5.74, 6) is -0.453. The molecule has 8 nitrogen and oxygen atoms in total. The van der Waals surface area contributed by atoms with Crippen LogP contribution in [-0.2, 0) is 6.54 Å². The van der Waals surface area contributed by atoms with Crippen molar-refractivity contribution in [3.05, 3.63) is 35.9 Å². The molecule has 1 aliphatic heterocycles. The van der Waals surface area contributed by atoms with Gasteiger partial charge in [0, 0.05) is 32.0 Å². The van der Waals surface area contributed by atoms with E-state index in [1.807, 2.05) is 6.07 Å². The maximum Gasteiger partial charge on any atom is 0.316 e. The summed E-state index contributed by atoms with van der Waals surface area (Å²) < 4.78 is 6.79. The van der Waals surface area contributed by atoms with E-state index >= 15 is 0 Å². The molecule has 0 saturated carbocycles. The average Bonchev–Trinajstić information content (AvgIpc) is 2.92. The highest BCUT2D eigenvalue weighted by molar-refractivity contribution is 5.92. The molecule has 0 unspecified atom stereocenters. The van der Waals surface area contributed by atoms with Crippen LogP contribution in [0.15, 0.2) is 24.7 Å². The van der Waals surface area contributed by atoms with Gasteiger partial charge in [-0.2, -0.15) is 10.1 Å². The molecule has 21 heavy (non-hydrogen) atoms. The van der Waals surface area contributed by atoms with E-state index in [4.69, 9.17) is 10.5 Å². The molecule has 2 N–H and O–H groups in total. The van der Waals surface area contributed by atoms with Gasteiger partial charge in [-0.15, -0.1) is 0 Å². The van der Waals surface area contributed by atoms with Gasteiger partial charge in [-0.05, 0) is 6.07 Å². The Kier molecular flexibility index (Phi) is 3.53. The lowest BCUT2D eigenvalue weighted by molar-refractivity contribution is 0.0890. The number of rotatable bonds is 5. The number of nitrogens with two attached hydrogens (primary N) is 1. The molecule has 2 aromatic heterocycles. The minimum Gasteiger partial charge on any atom is -0.467 e. The standard InChI is InChI=1S/C13H16N6O2/c1-21-13-15-3-2-10(17-13)6-18-7-11(8-18)19-5-9(4-16-19)12(14)20/h2-5,11H,6-8H2,1H3,(H2,14,20). The third kappa shape index (κ3) is 2.84. The van der Waals surface area contributed by atoms with Crippen LogP contribution in [0.3, 0.4) is 0 Å². The van der Waals surface area contributed by atoms with Crippen molar-refractivity contribution in [1.82, 2.24) is 24.6 Å². The first-order chi connectivity index (χ1) is 10.2. The van der Waals surface area contributed by atoms with Gasteiger partial charge in [0.15, 0.2) is 0 Å². The van der Waals surface area contributed by atoms with Gasteiger partial charge in [-0.1, -0.05) is 0 Å². The number of ether oxygens (including phenoxy) is 1.